The molecule has 0 aliphatic heterocycles. The van der Waals surface area contributed by atoms with Crippen LogP contribution in [0.5, 0.6) is 0 Å². The lowest BCUT2D eigenvalue weighted by Gasteiger charge is -2.08. The van der Waals surface area contributed by atoms with E-state index in [9.17, 15) is 32.5 Å². The third-order valence-corrected chi connectivity index (χ3v) is 4.79. The largest absolute Gasteiger partial charge is 0.452 e. The molecule has 2 aromatic carbocycles. The Kier molecular flexibility index (Phi) is 6.31. The topological polar surface area (TPSA) is 133 Å². The van der Waals surface area contributed by atoms with Crippen molar-refractivity contribution >= 4 is 44.7 Å². The van der Waals surface area contributed by atoms with Gasteiger partial charge in [-0.1, -0.05) is 11.6 Å². The maximum absolute atomic E-state index is 13.0. The average Bonchev–Trinajstić information content (AvgIpc) is 2.60. The Morgan fingerprint density at radius 2 is 1.93 bits per heavy atom. The highest BCUT2D eigenvalue weighted by molar-refractivity contribution is 7.90. The Bertz CT molecular complexity index is 1070. The third-order valence-electron chi connectivity index (χ3n) is 3.33. The molecule has 2 aromatic rings. The van der Waals surface area contributed by atoms with Crippen LogP contribution < -0.4 is 5.32 Å². The van der Waals surface area contributed by atoms with Crippen LogP contribution >= 0.6 is 11.6 Å². The first kappa shape index (κ1) is 21.3. The van der Waals surface area contributed by atoms with Crippen molar-refractivity contribution in [3.8, 4) is 0 Å². The molecular weight excluding hydrogens is 419 g/mol. The fourth-order valence-electron chi connectivity index (χ4n) is 2.09. The number of nitrogens with zero attached hydrogens (tertiary/aromatic N) is 1. The summed E-state index contributed by atoms with van der Waals surface area (Å²) < 4.78 is 40.8. The van der Waals surface area contributed by atoms with Gasteiger partial charge < -0.3 is 10.1 Å². The van der Waals surface area contributed by atoms with Gasteiger partial charge in [0, 0.05) is 12.3 Å². The monoisotopic (exact) mass is 430 g/mol. The summed E-state index contributed by atoms with van der Waals surface area (Å²) in [6.07, 6.45) is 0.790. The number of amides is 1. The number of nitro groups is 1. The minimum Gasteiger partial charge on any atom is -0.452 e. The second-order valence-corrected chi connectivity index (χ2v) is 7.85. The summed E-state index contributed by atoms with van der Waals surface area (Å²) in [6.45, 7) is -0.756. The van der Waals surface area contributed by atoms with Gasteiger partial charge in [0.05, 0.1) is 21.2 Å². The average molecular weight is 431 g/mol. The highest BCUT2D eigenvalue weighted by Gasteiger charge is 2.24. The Labute approximate surface area is 163 Å². The van der Waals surface area contributed by atoms with Crippen LogP contribution in [0.15, 0.2) is 41.3 Å². The van der Waals surface area contributed by atoms with Crippen LogP contribution in [0.2, 0.25) is 5.02 Å². The number of benzene rings is 2. The van der Waals surface area contributed by atoms with E-state index < -0.39 is 49.6 Å². The van der Waals surface area contributed by atoms with E-state index in [1.54, 1.807) is 0 Å². The van der Waals surface area contributed by atoms with Crippen molar-refractivity contribution in [3.63, 3.8) is 0 Å². The lowest BCUT2D eigenvalue weighted by atomic mass is 10.2. The Morgan fingerprint density at radius 1 is 1.25 bits per heavy atom. The van der Waals surface area contributed by atoms with Gasteiger partial charge in [0.2, 0.25) is 0 Å². The molecule has 0 saturated heterocycles. The number of carbonyl (C=O) groups is 2. The van der Waals surface area contributed by atoms with Crippen molar-refractivity contribution in [1.82, 2.24) is 0 Å². The highest BCUT2D eigenvalue weighted by Crippen LogP contribution is 2.25. The van der Waals surface area contributed by atoms with Crippen molar-refractivity contribution in [3.05, 3.63) is 62.9 Å². The van der Waals surface area contributed by atoms with Crippen LogP contribution in [0.1, 0.15) is 10.4 Å². The van der Waals surface area contributed by atoms with Crippen LogP contribution in [0.4, 0.5) is 15.8 Å². The molecule has 28 heavy (non-hydrogen) atoms. The summed E-state index contributed by atoms with van der Waals surface area (Å²) in [5.41, 5.74) is -1.01. The molecule has 0 aliphatic rings. The van der Waals surface area contributed by atoms with E-state index in [-0.39, 0.29) is 16.3 Å². The van der Waals surface area contributed by atoms with Gasteiger partial charge in [-0.3, -0.25) is 14.9 Å². The number of sulfone groups is 1. The molecule has 0 heterocycles. The second-order valence-electron chi connectivity index (χ2n) is 5.46. The SMILES string of the molecule is CS(=O)(=O)c1ccc(C(=O)OCC(=O)Nc2ccc(F)cc2Cl)cc1[N+](=O)[O-]. The lowest BCUT2D eigenvalue weighted by Crippen LogP contribution is -2.21. The minimum absolute atomic E-state index is 0.0633. The molecule has 1 amide bonds. The predicted molar refractivity (Wildman–Crippen MR) is 96.5 cm³/mol. The number of hydrogen-bond acceptors (Lipinski definition) is 7. The molecule has 1 N–H and O–H groups in total. The number of nitrogens with one attached hydrogen (secondary N) is 1. The van der Waals surface area contributed by atoms with Gasteiger partial charge in [0.25, 0.3) is 11.6 Å². The summed E-state index contributed by atoms with van der Waals surface area (Å²) in [7, 11) is -3.89. The normalized spacial score (nSPS) is 11.0. The molecule has 0 saturated carbocycles. The highest BCUT2D eigenvalue weighted by atomic mass is 35.5. The Hall–Kier alpha value is -3.05. The van der Waals surface area contributed by atoms with Crippen LogP contribution in [-0.2, 0) is 19.4 Å². The van der Waals surface area contributed by atoms with Gasteiger partial charge >= 0.3 is 5.97 Å². The van der Waals surface area contributed by atoms with Crippen LogP contribution in [-0.4, -0.2) is 38.1 Å². The van der Waals surface area contributed by atoms with Crippen molar-refractivity contribution in [2.24, 2.45) is 0 Å². The molecule has 0 spiro atoms. The summed E-state index contributed by atoms with van der Waals surface area (Å²) >= 11 is 5.76. The molecule has 0 fully saturated rings. The molecular formula is C16H12ClFN2O7S. The molecule has 0 atom stereocenters. The fraction of sp³-hybridized carbons (Fsp3) is 0.125. The Balaban J connectivity index is 2.09. The van der Waals surface area contributed by atoms with Crippen LogP contribution in [0, 0.1) is 15.9 Å². The molecule has 9 nitrogen and oxygen atoms in total. The van der Waals surface area contributed by atoms with E-state index >= 15 is 0 Å². The molecule has 0 radical (unpaired) electrons. The number of rotatable bonds is 6. The van der Waals surface area contributed by atoms with E-state index in [1.807, 2.05) is 0 Å². The van der Waals surface area contributed by atoms with Gasteiger partial charge in [0.15, 0.2) is 16.4 Å². The van der Waals surface area contributed by atoms with E-state index in [1.165, 1.54) is 6.07 Å². The lowest BCUT2D eigenvalue weighted by molar-refractivity contribution is -0.387. The molecule has 12 heteroatoms. The first-order valence-corrected chi connectivity index (χ1v) is 9.66. The Morgan fingerprint density at radius 3 is 2.50 bits per heavy atom. The van der Waals surface area contributed by atoms with Crippen molar-refractivity contribution in [2.75, 3.05) is 18.2 Å². The minimum atomic E-state index is -3.89. The maximum atomic E-state index is 13.0. The summed E-state index contributed by atoms with van der Waals surface area (Å²) in [6, 6.07) is 5.93. The summed E-state index contributed by atoms with van der Waals surface area (Å²) in [5, 5.41) is 13.3. The molecule has 0 bridgehead atoms. The molecule has 2 rings (SSSR count). The van der Waals surface area contributed by atoms with E-state index in [0.717, 1.165) is 36.6 Å². The number of anilines is 1. The van der Waals surface area contributed by atoms with Gasteiger partial charge in [0.1, 0.15) is 10.7 Å². The van der Waals surface area contributed by atoms with Gasteiger partial charge in [-0.05, 0) is 30.3 Å². The van der Waals surface area contributed by atoms with Crippen molar-refractivity contribution in [2.45, 2.75) is 4.90 Å². The van der Waals surface area contributed by atoms with Crippen molar-refractivity contribution < 1.29 is 32.1 Å². The quantitative estimate of drug-likeness (QED) is 0.423. The zero-order chi connectivity index (χ0) is 21.1. The zero-order valence-electron chi connectivity index (χ0n) is 14.1. The smallest absolute Gasteiger partial charge is 0.338 e. The third kappa shape index (κ3) is 5.24. The standard InChI is InChI=1S/C16H12ClFN2O7S/c1-28(25,26)14-5-2-9(6-13(14)20(23)24)16(22)27-8-15(21)19-12-4-3-10(18)7-11(12)17/h2-7H,8H2,1H3,(H,19,21). The van der Waals surface area contributed by atoms with Gasteiger partial charge in [-0.15, -0.1) is 0 Å². The number of ether oxygens (including phenoxy) is 1. The van der Waals surface area contributed by atoms with Gasteiger partial charge in [-0.2, -0.15) is 0 Å². The van der Waals surface area contributed by atoms with E-state index in [4.69, 9.17) is 16.3 Å². The number of nitro benzene ring substituents is 1. The predicted octanol–water partition coefficient (Wildman–Crippen LogP) is 2.59. The number of esters is 1. The van der Waals surface area contributed by atoms with Crippen LogP contribution in [0.25, 0.3) is 0 Å². The van der Waals surface area contributed by atoms with E-state index in [2.05, 4.69) is 5.32 Å². The van der Waals surface area contributed by atoms with E-state index in [0.29, 0.717) is 0 Å². The van der Waals surface area contributed by atoms with Crippen molar-refractivity contribution in [1.29, 1.82) is 0 Å². The molecule has 0 unspecified atom stereocenters. The second kappa shape index (κ2) is 8.31. The maximum Gasteiger partial charge on any atom is 0.338 e. The molecule has 148 valence electrons. The summed E-state index contributed by atoms with van der Waals surface area (Å²) in [4.78, 5) is 33.4. The summed E-state index contributed by atoms with van der Waals surface area (Å²) in [5.74, 6) is -2.47. The fourth-order valence-corrected chi connectivity index (χ4v) is 3.14. The van der Waals surface area contributed by atoms with Crippen LogP contribution in [0.3, 0.4) is 0 Å². The number of halogens is 2. The molecule has 0 aromatic heterocycles. The molecule has 0 aliphatic carbocycles. The number of hydrogen-bond donors (Lipinski definition) is 1. The first-order chi connectivity index (χ1) is 13.0. The first-order valence-electron chi connectivity index (χ1n) is 7.39. The zero-order valence-corrected chi connectivity index (χ0v) is 15.7. The van der Waals surface area contributed by atoms with Gasteiger partial charge in [-0.25, -0.2) is 17.6 Å². The number of carbonyl (C=O) groups excluding carboxylic acids is 2.